The van der Waals surface area contributed by atoms with Gasteiger partial charge in [-0.3, -0.25) is 0 Å². The summed E-state index contributed by atoms with van der Waals surface area (Å²) < 4.78 is 23.9. The normalized spacial score (nSPS) is 11.9. The predicted molar refractivity (Wildman–Crippen MR) is 82.7 cm³/mol. The molecule has 112 valence electrons. The van der Waals surface area contributed by atoms with E-state index in [1.165, 1.54) is 19.2 Å². The molecule has 0 aliphatic carbocycles. The van der Waals surface area contributed by atoms with Gasteiger partial charge in [-0.1, -0.05) is 17.7 Å². The first-order valence-corrected chi connectivity index (χ1v) is 6.79. The summed E-state index contributed by atoms with van der Waals surface area (Å²) in [4.78, 5) is 0. The molecule has 0 spiro atoms. The van der Waals surface area contributed by atoms with Crippen molar-refractivity contribution in [3.63, 3.8) is 0 Å². The average molecular weight is 289 g/mol. The van der Waals surface area contributed by atoms with Crippen molar-refractivity contribution in [3.05, 3.63) is 53.3 Å². The molecule has 0 amide bonds. The van der Waals surface area contributed by atoms with Crippen LogP contribution in [0, 0.1) is 12.7 Å². The van der Waals surface area contributed by atoms with E-state index in [1.807, 2.05) is 26.0 Å². The molecule has 0 radical (unpaired) electrons. The van der Waals surface area contributed by atoms with Crippen LogP contribution >= 0.6 is 0 Å². The van der Waals surface area contributed by atoms with Crippen LogP contribution in [0.5, 0.6) is 11.5 Å². The zero-order chi connectivity index (χ0) is 15.4. The number of halogens is 1. The van der Waals surface area contributed by atoms with Crippen LogP contribution in [-0.2, 0) is 0 Å². The van der Waals surface area contributed by atoms with Crippen molar-refractivity contribution in [2.75, 3.05) is 19.5 Å². The molecule has 0 aromatic heterocycles. The number of rotatable bonds is 5. The van der Waals surface area contributed by atoms with Crippen LogP contribution < -0.4 is 14.8 Å². The second kappa shape index (κ2) is 6.48. The van der Waals surface area contributed by atoms with Crippen LogP contribution in [0.3, 0.4) is 0 Å². The van der Waals surface area contributed by atoms with Crippen molar-refractivity contribution in [1.29, 1.82) is 0 Å². The summed E-state index contributed by atoms with van der Waals surface area (Å²) >= 11 is 0. The number of nitrogens with one attached hydrogen (secondary N) is 1. The van der Waals surface area contributed by atoms with Crippen molar-refractivity contribution in [2.45, 2.75) is 19.9 Å². The van der Waals surface area contributed by atoms with Gasteiger partial charge in [-0.25, -0.2) is 4.39 Å². The van der Waals surface area contributed by atoms with Crippen LogP contribution in [0.2, 0.25) is 0 Å². The van der Waals surface area contributed by atoms with Crippen molar-refractivity contribution in [2.24, 2.45) is 0 Å². The van der Waals surface area contributed by atoms with Gasteiger partial charge >= 0.3 is 0 Å². The van der Waals surface area contributed by atoms with Gasteiger partial charge in [0, 0.05) is 11.6 Å². The van der Waals surface area contributed by atoms with Gasteiger partial charge in [0.15, 0.2) is 0 Å². The third kappa shape index (κ3) is 3.45. The summed E-state index contributed by atoms with van der Waals surface area (Å²) in [5.41, 5.74) is 2.95. The van der Waals surface area contributed by atoms with E-state index in [0.717, 1.165) is 22.6 Å². The topological polar surface area (TPSA) is 30.5 Å². The molecule has 3 nitrogen and oxygen atoms in total. The summed E-state index contributed by atoms with van der Waals surface area (Å²) in [7, 11) is 3.18. The number of anilines is 1. The predicted octanol–water partition coefficient (Wildman–Crippen LogP) is 4.32. The monoisotopic (exact) mass is 289 g/mol. The Morgan fingerprint density at radius 1 is 1.00 bits per heavy atom. The summed E-state index contributed by atoms with van der Waals surface area (Å²) in [6, 6.07) is 10.5. The fourth-order valence-electron chi connectivity index (χ4n) is 2.29. The van der Waals surface area contributed by atoms with E-state index in [9.17, 15) is 4.39 Å². The van der Waals surface area contributed by atoms with Gasteiger partial charge in [0.25, 0.3) is 0 Å². The van der Waals surface area contributed by atoms with Crippen LogP contribution in [0.25, 0.3) is 0 Å². The zero-order valence-electron chi connectivity index (χ0n) is 12.7. The van der Waals surface area contributed by atoms with Crippen LogP contribution in [-0.4, -0.2) is 14.2 Å². The van der Waals surface area contributed by atoms with Crippen LogP contribution in [0.15, 0.2) is 36.4 Å². The Labute approximate surface area is 124 Å². The van der Waals surface area contributed by atoms with Gasteiger partial charge in [-0.2, -0.15) is 0 Å². The average Bonchev–Trinajstić information content (AvgIpc) is 2.48. The maximum Gasteiger partial charge on any atom is 0.144 e. The number of hydrogen-bond acceptors (Lipinski definition) is 3. The number of benzene rings is 2. The molecule has 4 heteroatoms. The molecule has 2 rings (SSSR count). The highest BCUT2D eigenvalue weighted by Crippen LogP contribution is 2.32. The van der Waals surface area contributed by atoms with E-state index in [1.54, 1.807) is 13.2 Å². The second-order valence-corrected chi connectivity index (χ2v) is 4.96. The van der Waals surface area contributed by atoms with Crippen molar-refractivity contribution in [1.82, 2.24) is 0 Å². The third-order valence-electron chi connectivity index (χ3n) is 3.39. The largest absolute Gasteiger partial charge is 0.496 e. The first-order chi connectivity index (χ1) is 10.0. The summed E-state index contributed by atoms with van der Waals surface area (Å²) in [5.74, 6) is 0.980. The molecular weight excluding hydrogens is 269 g/mol. The number of aryl methyl sites for hydroxylation is 1. The Balaban J connectivity index is 2.29. The van der Waals surface area contributed by atoms with Crippen molar-refractivity contribution in [3.8, 4) is 11.5 Å². The molecule has 0 saturated heterocycles. The van der Waals surface area contributed by atoms with Gasteiger partial charge in [-0.05, 0) is 32.0 Å². The van der Waals surface area contributed by atoms with E-state index in [0.29, 0.717) is 5.75 Å². The van der Waals surface area contributed by atoms with Gasteiger partial charge < -0.3 is 14.8 Å². The number of hydrogen-bond donors (Lipinski definition) is 1. The highest BCUT2D eigenvalue weighted by Gasteiger charge is 2.14. The Kier molecular flexibility index (Phi) is 4.68. The molecule has 1 atom stereocenters. The van der Waals surface area contributed by atoms with Gasteiger partial charge in [0.1, 0.15) is 17.3 Å². The van der Waals surface area contributed by atoms with E-state index in [2.05, 4.69) is 11.4 Å². The number of methoxy groups -OCH3 is 2. The lowest BCUT2D eigenvalue weighted by molar-refractivity contribution is 0.406. The Morgan fingerprint density at radius 2 is 1.71 bits per heavy atom. The van der Waals surface area contributed by atoms with Crippen LogP contribution in [0.1, 0.15) is 24.1 Å². The summed E-state index contributed by atoms with van der Waals surface area (Å²) in [6.45, 7) is 4.06. The molecular formula is C17H20FNO2. The van der Waals surface area contributed by atoms with Gasteiger partial charge in [-0.15, -0.1) is 0 Å². The zero-order valence-corrected chi connectivity index (χ0v) is 12.7. The highest BCUT2D eigenvalue weighted by molar-refractivity contribution is 5.58. The Bertz CT molecular complexity index is 628. The minimum absolute atomic E-state index is 0.000730. The molecule has 0 aliphatic heterocycles. The molecule has 0 saturated carbocycles. The molecule has 2 aromatic rings. The smallest absolute Gasteiger partial charge is 0.144 e. The second-order valence-electron chi connectivity index (χ2n) is 4.96. The maximum atomic E-state index is 13.2. The molecule has 0 aliphatic rings. The lowest BCUT2D eigenvalue weighted by atomic mass is 10.0. The SMILES string of the molecule is COc1cc(F)ccc1NC(C)c1cc(C)ccc1OC. The van der Waals surface area contributed by atoms with Gasteiger partial charge in [0.2, 0.25) is 0 Å². The Hall–Kier alpha value is -2.23. The third-order valence-corrected chi connectivity index (χ3v) is 3.39. The minimum atomic E-state index is -0.321. The van der Waals surface area contributed by atoms with E-state index >= 15 is 0 Å². The number of ether oxygens (including phenoxy) is 2. The molecule has 2 aromatic carbocycles. The highest BCUT2D eigenvalue weighted by atomic mass is 19.1. The molecule has 1 N–H and O–H groups in total. The molecule has 0 fully saturated rings. The van der Waals surface area contributed by atoms with Crippen molar-refractivity contribution >= 4 is 5.69 Å². The molecule has 21 heavy (non-hydrogen) atoms. The van der Waals surface area contributed by atoms with Crippen molar-refractivity contribution < 1.29 is 13.9 Å². The maximum absolute atomic E-state index is 13.2. The lowest BCUT2D eigenvalue weighted by Crippen LogP contribution is -2.09. The van der Waals surface area contributed by atoms with Crippen LogP contribution in [0.4, 0.5) is 10.1 Å². The first-order valence-electron chi connectivity index (χ1n) is 6.79. The fraction of sp³-hybridized carbons (Fsp3) is 0.294. The fourth-order valence-corrected chi connectivity index (χ4v) is 2.29. The first kappa shape index (κ1) is 15.2. The summed E-state index contributed by atoms with van der Waals surface area (Å²) in [5, 5.41) is 3.34. The summed E-state index contributed by atoms with van der Waals surface area (Å²) in [6.07, 6.45) is 0. The van der Waals surface area contributed by atoms with E-state index in [4.69, 9.17) is 9.47 Å². The van der Waals surface area contributed by atoms with Gasteiger partial charge in [0.05, 0.1) is 25.9 Å². The molecule has 1 unspecified atom stereocenters. The van der Waals surface area contributed by atoms with E-state index < -0.39 is 0 Å². The standard InChI is InChI=1S/C17H20FNO2/c1-11-5-8-16(20-3)14(9-11)12(2)19-15-7-6-13(18)10-17(15)21-4/h5-10,12,19H,1-4H3. The Morgan fingerprint density at radius 3 is 2.38 bits per heavy atom. The molecule has 0 bridgehead atoms. The lowest BCUT2D eigenvalue weighted by Gasteiger charge is -2.20. The molecule has 0 heterocycles. The van der Waals surface area contributed by atoms with E-state index in [-0.39, 0.29) is 11.9 Å². The minimum Gasteiger partial charge on any atom is -0.496 e. The quantitative estimate of drug-likeness (QED) is 0.889.